The fourth-order valence-electron chi connectivity index (χ4n) is 4.13. The van der Waals surface area contributed by atoms with Gasteiger partial charge in [-0.05, 0) is 43.0 Å². The number of carbonyl (C=O) groups is 3. The van der Waals surface area contributed by atoms with Crippen LogP contribution in [0.25, 0.3) is 11.1 Å². The van der Waals surface area contributed by atoms with Gasteiger partial charge in [-0.25, -0.2) is 4.79 Å². The van der Waals surface area contributed by atoms with Crippen LogP contribution in [0, 0.1) is 0 Å². The minimum atomic E-state index is -1.06. The van der Waals surface area contributed by atoms with Crippen LogP contribution in [0.4, 0.5) is 4.79 Å². The number of amides is 2. The van der Waals surface area contributed by atoms with Crippen molar-refractivity contribution in [3.05, 3.63) is 59.7 Å². The summed E-state index contributed by atoms with van der Waals surface area (Å²) in [6.07, 6.45) is -1.68. The van der Waals surface area contributed by atoms with Gasteiger partial charge in [0.25, 0.3) is 0 Å². The standard InChI is InChI=1S/C25H30N2O6/c1-15(32-4)22(23(30)27-25(2,3)13-21(28)29)26-24(31)33-14-20-18-11-7-5-9-16(18)17-10-6-8-12-19(17)20/h5-12,15,20,22H,13-14H2,1-4H3,(H,26,31)(H,27,30)(H,28,29)/t15-,22+/m1/s1. The van der Waals surface area contributed by atoms with Crippen LogP contribution in [-0.4, -0.2) is 54.5 Å². The number of hydrogen-bond acceptors (Lipinski definition) is 5. The van der Waals surface area contributed by atoms with Crippen molar-refractivity contribution in [2.75, 3.05) is 13.7 Å². The minimum Gasteiger partial charge on any atom is -0.481 e. The van der Waals surface area contributed by atoms with Crippen LogP contribution in [0.1, 0.15) is 44.2 Å². The summed E-state index contributed by atoms with van der Waals surface area (Å²) in [5.41, 5.74) is 3.40. The first-order valence-electron chi connectivity index (χ1n) is 10.8. The molecule has 0 radical (unpaired) electrons. The van der Waals surface area contributed by atoms with Crippen LogP contribution < -0.4 is 10.6 Å². The predicted molar refractivity (Wildman–Crippen MR) is 123 cm³/mol. The van der Waals surface area contributed by atoms with E-state index in [0.29, 0.717) is 0 Å². The quantitative estimate of drug-likeness (QED) is 0.536. The van der Waals surface area contributed by atoms with E-state index < -0.39 is 35.7 Å². The molecule has 0 fully saturated rings. The number of carboxylic acids is 1. The van der Waals surface area contributed by atoms with Crippen molar-refractivity contribution < 1.29 is 29.0 Å². The SMILES string of the molecule is CO[C@H](C)[C@H](NC(=O)OCC1c2ccccc2-c2ccccc21)C(=O)NC(C)(C)CC(=O)O. The highest BCUT2D eigenvalue weighted by Crippen LogP contribution is 2.44. The first-order chi connectivity index (χ1) is 15.6. The van der Waals surface area contributed by atoms with E-state index in [4.69, 9.17) is 14.6 Å². The van der Waals surface area contributed by atoms with Crippen LogP contribution in [-0.2, 0) is 19.1 Å². The van der Waals surface area contributed by atoms with Gasteiger partial charge in [-0.1, -0.05) is 48.5 Å². The van der Waals surface area contributed by atoms with Gasteiger partial charge >= 0.3 is 12.1 Å². The summed E-state index contributed by atoms with van der Waals surface area (Å²) in [4.78, 5) is 36.5. The zero-order valence-electron chi connectivity index (χ0n) is 19.3. The van der Waals surface area contributed by atoms with Crippen molar-refractivity contribution in [2.45, 2.75) is 50.8 Å². The molecule has 0 aromatic heterocycles. The molecule has 33 heavy (non-hydrogen) atoms. The molecule has 3 rings (SSSR count). The number of benzene rings is 2. The molecule has 1 aliphatic carbocycles. The summed E-state index contributed by atoms with van der Waals surface area (Å²) >= 11 is 0. The van der Waals surface area contributed by atoms with Crippen LogP contribution in [0.3, 0.4) is 0 Å². The van der Waals surface area contributed by atoms with Crippen molar-refractivity contribution in [2.24, 2.45) is 0 Å². The van der Waals surface area contributed by atoms with Crippen LogP contribution >= 0.6 is 0 Å². The maximum absolute atomic E-state index is 12.8. The number of methoxy groups -OCH3 is 1. The lowest BCUT2D eigenvalue weighted by Gasteiger charge is -2.29. The second-order valence-corrected chi connectivity index (χ2v) is 8.83. The molecule has 8 nitrogen and oxygen atoms in total. The Labute approximate surface area is 193 Å². The monoisotopic (exact) mass is 454 g/mol. The zero-order chi connectivity index (χ0) is 24.2. The Morgan fingerprint density at radius 1 is 1.03 bits per heavy atom. The highest BCUT2D eigenvalue weighted by Gasteiger charge is 2.34. The number of fused-ring (bicyclic) bond motifs is 3. The third-order valence-electron chi connectivity index (χ3n) is 5.80. The van der Waals surface area contributed by atoms with Gasteiger partial charge in [-0.2, -0.15) is 0 Å². The van der Waals surface area contributed by atoms with Gasteiger partial charge in [0.1, 0.15) is 12.6 Å². The third kappa shape index (κ3) is 5.70. The van der Waals surface area contributed by atoms with E-state index in [2.05, 4.69) is 10.6 Å². The maximum atomic E-state index is 12.8. The molecule has 2 aromatic carbocycles. The number of alkyl carbamates (subject to hydrolysis) is 1. The molecular weight excluding hydrogens is 424 g/mol. The first kappa shape index (κ1) is 24.3. The molecule has 2 amide bonds. The Kier molecular flexibility index (Phi) is 7.38. The van der Waals surface area contributed by atoms with E-state index in [9.17, 15) is 14.4 Å². The van der Waals surface area contributed by atoms with Crippen molar-refractivity contribution in [3.8, 4) is 11.1 Å². The summed E-state index contributed by atoms with van der Waals surface area (Å²) in [5.74, 6) is -1.70. The van der Waals surface area contributed by atoms with Gasteiger partial charge in [0.2, 0.25) is 5.91 Å². The second-order valence-electron chi connectivity index (χ2n) is 8.83. The van der Waals surface area contributed by atoms with Crippen LogP contribution in [0.5, 0.6) is 0 Å². The molecule has 2 aromatic rings. The van der Waals surface area contributed by atoms with Gasteiger partial charge in [0, 0.05) is 18.6 Å². The number of carbonyl (C=O) groups excluding carboxylic acids is 2. The number of ether oxygens (including phenoxy) is 2. The van der Waals surface area contributed by atoms with Crippen LogP contribution in [0.2, 0.25) is 0 Å². The minimum absolute atomic E-state index is 0.107. The van der Waals surface area contributed by atoms with Gasteiger partial charge in [0.15, 0.2) is 0 Å². The Balaban J connectivity index is 1.68. The van der Waals surface area contributed by atoms with Gasteiger partial charge in [-0.3, -0.25) is 9.59 Å². The van der Waals surface area contributed by atoms with Crippen molar-refractivity contribution in [1.82, 2.24) is 10.6 Å². The molecule has 176 valence electrons. The van der Waals surface area contributed by atoms with E-state index in [-0.39, 0.29) is 18.9 Å². The molecule has 1 aliphatic rings. The topological polar surface area (TPSA) is 114 Å². The van der Waals surface area contributed by atoms with Crippen molar-refractivity contribution in [1.29, 1.82) is 0 Å². The Bertz CT molecular complexity index is 990. The van der Waals surface area contributed by atoms with Crippen LogP contribution in [0.15, 0.2) is 48.5 Å². The molecule has 2 atom stereocenters. The van der Waals surface area contributed by atoms with Crippen molar-refractivity contribution >= 4 is 18.0 Å². The van der Waals surface area contributed by atoms with E-state index in [1.807, 2.05) is 48.5 Å². The fourth-order valence-corrected chi connectivity index (χ4v) is 4.13. The molecule has 0 saturated heterocycles. The molecule has 3 N–H and O–H groups in total. The fraction of sp³-hybridized carbons (Fsp3) is 0.400. The number of nitrogens with one attached hydrogen (secondary N) is 2. The van der Waals surface area contributed by atoms with E-state index in [1.165, 1.54) is 7.11 Å². The second kappa shape index (κ2) is 10.0. The molecular formula is C25H30N2O6. The molecule has 0 heterocycles. The van der Waals surface area contributed by atoms with Gasteiger partial charge in [-0.15, -0.1) is 0 Å². The highest BCUT2D eigenvalue weighted by molar-refractivity contribution is 5.87. The number of hydrogen-bond donors (Lipinski definition) is 3. The maximum Gasteiger partial charge on any atom is 0.407 e. The Morgan fingerprint density at radius 2 is 1.58 bits per heavy atom. The number of aliphatic carboxylic acids is 1. The molecule has 0 saturated carbocycles. The molecule has 0 spiro atoms. The van der Waals surface area contributed by atoms with Gasteiger partial charge in [0.05, 0.1) is 12.5 Å². The predicted octanol–water partition coefficient (Wildman–Crippen LogP) is 3.30. The molecule has 0 unspecified atom stereocenters. The number of carboxylic acid groups (broad SMARTS) is 1. The lowest BCUT2D eigenvalue weighted by molar-refractivity contribution is -0.139. The van der Waals surface area contributed by atoms with Crippen molar-refractivity contribution in [3.63, 3.8) is 0 Å². The van der Waals surface area contributed by atoms with E-state index >= 15 is 0 Å². The lowest BCUT2D eigenvalue weighted by atomic mass is 9.98. The highest BCUT2D eigenvalue weighted by atomic mass is 16.5. The van der Waals surface area contributed by atoms with E-state index in [1.54, 1.807) is 20.8 Å². The molecule has 0 bridgehead atoms. The third-order valence-corrected chi connectivity index (χ3v) is 5.80. The molecule has 8 heteroatoms. The first-order valence-corrected chi connectivity index (χ1v) is 10.8. The summed E-state index contributed by atoms with van der Waals surface area (Å²) < 4.78 is 10.8. The van der Waals surface area contributed by atoms with E-state index in [0.717, 1.165) is 22.3 Å². The summed E-state index contributed by atoms with van der Waals surface area (Å²) in [5, 5.41) is 14.3. The zero-order valence-corrected chi connectivity index (χ0v) is 19.3. The Hall–Kier alpha value is -3.39. The summed E-state index contributed by atoms with van der Waals surface area (Å²) in [6.45, 7) is 4.94. The normalized spacial score (nSPS) is 14.5. The molecule has 0 aliphatic heterocycles. The largest absolute Gasteiger partial charge is 0.481 e. The Morgan fingerprint density at radius 3 is 2.09 bits per heavy atom. The lowest BCUT2D eigenvalue weighted by Crippen LogP contribution is -2.57. The number of rotatable bonds is 9. The summed E-state index contributed by atoms with van der Waals surface area (Å²) in [6, 6.07) is 15.0. The average molecular weight is 455 g/mol. The average Bonchev–Trinajstić information content (AvgIpc) is 3.08. The van der Waals surface area contributed by atoms with Gasteiger partial charge < -0.3 is 25.2 Å². The summed E-state index contributed by atoms with van der Waals surface area (Å²) in [7, 11) is 1.42. The smallest absolute Gasteiger partial charge is 0.407 e.